The zero-order valence-corrected chi connectivity index (χ0v) is 20.0. The highest BCUT2D eigenvalue weighted by Gasteiger charge is 2.32. The molecule has 3 aromatic heterocycles. The Hall–Kier alpha value is -3.33. The number of pyridine rings is 2. The first-order valence-electron chi connectivity index (χ1n) is 11.7. The van der Waals surface area contributed by atoms with Gasteiger partial charge in [-0.3, -0.25) is 9.59 Å². The van der Waals surface area contributed by atoms with Crippen molar-refractivity contribution in [3.8, 4) is 10.6 Å². The van der Waals surface area contributed by atoms with Crippen LogP contribution < -0.4 is 10.6 Å². The highest BCUT2D eigenvalue weighted by molar-refractivity contribution is 7.15. The predicted molar refractivity (Wildman–Crippen MR) is 132 cm³/mol. The summed E-state index contributed by atoms with van der Waals surface area (Å²) in [4.78, 5) is 41.0. The third-order valence-electron chi connectivity index (χ3n) is 6.47. The normalized spacial score (nSPS) is 20.6. The Morgan fingerprint density at radius 1 is 1.15 bits per heavy atom. The van der Waals surface area contributed by atoms with E-state index < -0.39 is 0 Å². The Morgan fingerprint density at radius 3 is 2.79 bits per heavy atom. The van der Waals surface area contributed by atoms with Crippen LogP contribution in [-0.4, -0.2) is 51.3 Å². The molecule has 1 aliphatic carbocycles. The number of aromatic nitrogens is 3. The number of amides is 2. The van der Waals surface area contributed by atoms with Crippen LogP contribution in [0, 0.1) is 12.8 Å². The average molecular weight is 477 g/mol. The molecule has 0 bridgehead atoms. The van der Waals surface area contributed by atoms with E-state index in [-0.39, 0.29) is 24.3 Å². The molecule has 2 aliphatic rings. The van der Waals surface area contributed by atoms with E-state index in [1.165, 1.54) is 0 Å². The minimum absolute atomic E-state index is 0.0150. The molecule has 8 nitrogen and oxygen atoms in total. The third-order valence-corrected chi connectivity index (χ3v) is 7.65. The van der Waals surface area contributed by atoms with E-state index in [0.717, 1.165) is 58.5 Å². The van der Waals surface area contributed by atoms with Gasteiger partial charge in [0.15, 0.2) is 0 Å². The van der Waals surface area contributed by atoms with Gasteiger partial charge in [-0.1, -0.05) is 6.07 Å². The largest absolute Gasteiger partial charge is 0.353 e. The lowest BCUT2D eigenvalue weighted by atomic mass is 9.81. The van der Waals surface area contributed by atoms with E-state index >= 15 is 0 Å². The fraction of sp³-hybridized carbons (Fsp3) is 0.400. The summed E-state index contributed by atoms with van der Waals surface area (Å²) in [6.45, 7) is 3.38. The summed E-state index contributed by atoms with van der Waals surface area (Å²) in [5.74, 6) is 1.96. The molecule has 176 valence electrons. The van der Waals surface area contributed by atoms with Crippen LogP contribution in [0.25, 0.3) is 10.6 Å². The first-order chi connectivity index (χ1) is 16.5. The fourth-order valence-corrected chi connectivity index (χ4v) is 5.70. The van der Waals surface area contributed by atoms with Crippen molar-refractivity contribution < 1.29 is 9.59 Å². The minimum Gasteiger partial charge on any atom is -0.353 e. The number of nitrogens with zero attached hydrogens (tertiary/aromatic N) is 4. The van der Waals surface area contributed by atoms with Crippen molar-refractivity contribution in [2.24, 2.45) is 5.92 Å². The lowest BCUT2D eigenvalue weighted by Gasteiger charge is -2.33. The van der Waals surface area contributed by atoms with Gasteiger partial charge in [0, 0.05) is 37.3 Å². The van der Waals surface area contributed by atoms with E-state index in [4.69, 9.17) is 9.97 Å². The Morgan fingerprint density at radius 2 is 2.00 bits per heavy atom. The SMILES string of the molecule is Cc1ccnc(Nc2cccc(-c3cnc([C@H]4CC[C@H](C(=O)N5CCNC(=O)C5)CC4)s3)n2)c1. The van der Waals surface area contributed by atoms with Crippen LogP contribution in [0.15, 0.2) is 42.7 Å². The molecule has 4 heterocycles. The third kappa shape index (κ3) is 5.09. The number of carbonyl (C=O) groups is 2. The van der Waals surface area contributed by atoms with Crippen LogP contribution in [-0.2, 0) is 9.59 Å². The number of anilines is 2. The van der Waals surface area contributed by atoms with Crippen molar-refractivity contribution in [1.29, 1.82) is 0 Å². The monoisotopic (exact) mass is 476 g/mol. The molecule has 1 aliphatic heterocycles. The molecule has 0 atom stereocenters. The molecule has 9 heteroatoms. The van der Waals surface area contributed by atoms with Gasteiger partial charge in [0.2, 0.25) is 11.8 Å². The number of rotatable bonds is 5. The van der Waals surface area contributed by atoms with Crippen molar-refractivity contribution in [2.75, 3.05) is 25.0 Å². The quantitative estimate of drug-likeness (QED) is 0.580. The van der Waals surface area contributed by atoms with Crippen LogP contribution >= 0.6 is 11.3 Å². The van der Waals surface area contributed by atoms with Crippen LogP contribution in [0.1, 0.15) is 42.2 Å². The van der Waals surface area contributed by atoms with E-state index in [1.807, 2.05) is 43.5 Å². The van der Waals surface area contributed by atoms with E-state index in [1.54, 1.807) is 22.4 Å². The molecular formula is C25H28N6O2S. The second-order valence-electron chi connectivity index (χ2n) is 8.97. The molecular weight excluding hydrogens is 448 g/mol. The van der Waals surface area contributed by atoms with Crippen LogP contribution in [0.5, 0.6) is 0 Å². The number of hydrogen-bond donors (Lipinski definition) is 2. The van der Waals surface area contributed by atoms with E-state index in [0.29, 0.717) is 19.0 Å². The number of piperazine rings is 1. The maximum Gasteiger partial charge on any atom is 0.239 e. The van der Waals surface area contributed by atoms with Gasteiger partial charge >= 0.3 is 0 Å². The average Bonchev–Trinajstić information content (AvgIpc) is 3.34. The number of nitrogens with one attached hydrogen (secondary N) is 2. The van der Waals surface area contributed by atoms with Gasteiger partial charge in [0.25, 0.3) is 0 Å². The molecule has 1 saturated carbocycles. The Balaban J connectivity index is 1.21. The van der Waals surface area contributed by atoms with Gasteiger partial charge in [0.05, 0.1) is 22.1 Å². The molecule has 2 N–H and O–H groups in total. The number of thiazole rings is 1. The van der Waals surface area contributed by atoms with Crippen molar-refractivity contribution >= 4 is 34.8 Å². The fourth-order valence-electron chi connectivity index (χ4n) is 4.64. The maximum atomic E-state index is 12.8. The summed E-state index contributed by atoms with van der Waals surface area (Å²) in [5, 5.41) is 7.16. The zero-order valence-electron chi connectivity index (χ0n) is 19.2. The molecule has 2 amide bonds. The van der Waals surface area contributed by atoms with Crippen molar-refractivity contribution in [1.82, 2.24) is 25.2 Å². The smallest absolute Gasteiger partial charge is 0.239 e. The van der Waals surface area contributed by atoms with Gasteiger partial charge < -0.3 is 15.5 Å². The standard InChI is InChI=1S/C25H28N6O2S/c1-16-9-10-26-22(13-16)30-21-4-2-3-19(29-21)20-14-28-24(34-20)17-5-7-18(8-6-17)25(33)31-12-11-27-23(32)15-31/h2-4,9-10,13-14,17-18H,5-8,11-12,15H2,1H3,(H,27,32)(H,26,29,30)/t17-,18-. The van der Waals surface area contributed by atoms with Crippen molar-refractivity contribution in [3.05, 3.63) is 53.3 Å². The number of aryl methyl sites for hydroxylation is 1. The molecule has 2 fully saturated rings. The lowest BCUT2D eigenvalue weighted by Crippen LogP contribution is -2.51. The van der Waals surface area contributed by atoms with Crippen LogP contribution in [0.4, 0.5) is 11.6 Å². The van der Waals surface area contributed by atoms with E-state index in [2.05, 4.69) is 15.6 Å². The second kappa shape index (κ2) is 9.89. The van der Waals surface area contributed by atoms with Gasteiger partial charge in [-0.05, 0) is 62.4 Å². The summed E-state index contributed by atoms with van der Waals surface area (Å²) < 4.78 is 0. The first kappa shape index (κ1) is 22.5. The molecule has 0 spiro atoms. The van der Waals surface area contributed by atoms with Gasteiger partial charge in [-0.25, -0.2) is 15.0 Å². The summed E-state index contributed by atoms with van der Waals surface area (Å²) in [6, 6.07) is 9.86. The Bertz CT molecular complexity index is 1190. The number of hydrogen-bond acceptors (Lipinski definition) is 7. The molecule has 5 rings (SSSR count). The first-order valence-corrected chi connectivity index (χ1v) is 12.5. The van der Waals surface area contributed by atoms with Crippen LogP contribution in [0.2, 0.25) is 0 Å². The van der Waals surface area contributed by atoms with E-state index in [9.17, 15) is 9.59 Å². The maximum absolute atomic E-state index is 12.8. The molecule has 34 heavy (non-hydrogen) atoms. The molecule has 1 saturated heterocycles. The minimum atomic E-state index is -0.0633. The summed E-state index contributed by atoms with van der Waals surface area (Å²) in [5.41, 5.74) is 2.02. The highest BCUT2D eigenvalue weighted by atomic mass is 32.1. The van der Waals surface area contributed by atoms with Crippen LogP contribution in [0.3, 0.4) is 0 Å². The van der Waals surface area contributed by atoms with Crippen molar-refractivity contribution in [3.63, 3.8) is 0 Å². The lowest BCUT2D eigenvalue weighted by molar-refractivity contribution is -0.142. The van der Waals surface area contributed by atoms with Gasteiger partial charge in [0.1, 0.15) is 11.6 Å². The number of carbonyl (C=O) groups excluding carboxylic acids is 2. The van der Waals surface area contributed by atoms with Gasteiger partial charge in [-0.15, -0.1) is 11.3 Å². The topological polar surface area (TPSA) is 100 Å². The van der Waals surface area contributed by atoms with Gasteiger partial charge in [-0.2, -0.15) is 0 Å². The summed E-state index contributed by atoms with van der Waals surface area (Å²) in [7, 11) is 0. The molecule has 0 aromatic carbocycles. The highest BCUT2D eigenvalue weighted by Crippen LogP contribution is 2.39. The molecule has 3 aromatic rings. The summed E-state index contributed by atoms with van der Waals surface area (Å²) >= 11 is 1.68. The second-order valence-corrected chi connectivity index (χ2v) is 10.0. The Labute approximate surface area is 202 Å². The zero-order chi connectivity index (χ0) is 23.5. The predicted octanol–water partition coefficient (Wildman–Crippen LogP) is 3.88. The molecule has 0 unspecified atom stereocenters. The summed E-state index contributed by atoms with van der Waals surface area (Å²) in [6.07, 6.45) is 7.26. The Kier molecular flexibility index (Phi) is 6.53. The van der Waals surface area contributed by atoms with Crippen molar-refractivity contribution in [2.45, 2.75) is 38.5 Å². The molecule has 0 radical (unpaired) electrons.